The Balaban J connectivity index is 2.09. The molecule has 0 bridgehead atoms. The van der Waals surface area contributed by atoms with Gasteiger partial charge in [-0.3, -0.25) is 0 Å². The summed E-state index contributed by atoms with van der Waals surface area (Å²) in [4.78, 5) is 0. The molecule has 18 heavy (non-hydrogen) atoms. The van der Waals surface area contributed by atoms with E-state index < -0.39 is 10.0 Å². The van der Waals surface area contributed by atoms with E-state index in [1.807, 2.05) is 0 Å². The van der Waals surface area contributed by atoms with Crippen LogP contribution in [0.2, 0.25) is 0 Å². The lowest BCUT2D eigenvalue weighted by molar-refractivity contribution is 0.192. The van der Waals surface area contributed by atoms with Crippen LogP contribution in [-0.4, -0.2) is 46.5 Å². The summed E-state index contributed by atoms with van der Waals surface area (Å²) in [6.45, 7) is 3.57. The van der Waals surface area contributed by atoms with Crippen LogP contribution in [0.1, 0.15) is 39.0 Å². The SMILES string of the molecule is COCCCCCNS(=O)(=O)C(C)CNC1CC1. The predicted molar refractivity (Wildman–Crippen MR) is 73.1 cm³/mol. The Labute approximate surface area is 111 Å². The highest BCUT2D eigenvalue weighted by atomic mass is 32.2. The summed E-state index contributed by atoms with van der Waals surface area (Å²) in [6, 6.07) is 0.552. The minimum absolute atomic E-state index is 0.364. The first-order valence-electron chi connectivity index (χ1n) is 6.77. The van der Waals surface area contributed by atoms with Gasteiger partial charge in [0.05, 0.1) is 5.25 Å². The van der Waals surface area contributed by atoms with Crippen molar-refractivity contribution in [2.75, 3.05) is 26.8 Å². The Kier molecular flexibility index (Phi) is 7.14. The van der Waals surface area contributed by atoms with Crippen molar-refractivity contribution in [1.82, 2.24) is 10.0 Å². The van der Waals surface area contributed by atoms with Gasteiger partial charge in [-0.25, -0.2) is 13.1 Å². The molecule has 0 amide bonds. The summed E-state index contributed by atoms with van der Waals surface area (Å²) in [5.41, 5.74) is 0. The standard InChI is InChI=1S/C12H26N2O3S/c1-11(10-13-12-6-7-12)18(15,16)14-8-4-3-5-9-17-2/h11-14H,3-10H2,1-2H3. The Bertz CT molecular complexity index is 315. The van der Waals surface area contributed by atoms with Crippen LogP contribution in [0.3, 0.4) is 0 Å². The van der Waals surface area contributed by atoms with Gasteiger partial charge < -0.3 is 10.1 Å². The molecule has 1 atom stereocenters. The first kappa shape index (κ1) is 15.9. The minimum atomic E-state index is -3.16. The Morgan fingerprint density at radius 2 is 2.00 bits per heavy atom. The monoisotopic (exact) mass is 278 g/mol. The number of unbranched alkanes of at least 4 members (excludes halogenated alkanes) is 2. The third kappa shape index (κ3) is 6.68. The van der Waals surface area contributed by atoms with Gasteiger partial charge in [0.1, 0.15) is 0 Å². The Hall–Kier alpha value is -0.170. The lowest BCUT2D eigenvalue weighted by atomic mass is 10.2. The van der Waals surface area contributed by atoms with E-state index >= 15 is 0 Å². The lowest BCUT2D eigenvalue weighted by Crippen LogP contribution is -2.39. The van der Waals surface area contributed by atoms with Gasteiger partial charge in [-0.15, -0.1) is 0 Å². The predicted octanol–water partition coefficient (Wildman–Crippen LogP) is 0.863. The summed E-state index contributed by atoms with van der Waals surface area (Å²) in [5, 5.41) is 2.88. The van der Waals surface area contributed by atoms with Crippen LogP contribution < -0.4 is 10.0 Å². The van der Waals surface area contributed by atoms with E-state index in [1.165, 1.54) is 12.8 Å². The number of rotatable bonds is 11. The molecule has 6 heteroatoms. The van der Waals surface area contributed by atoms with Crippen molar-refractivity contribution in [2.24, 2.45) is 0 Å². The van der Waals surface area contributed by atoms with Gasteiger partial charge in [0.15, 0.2) is 0 Å². The zero-order valence-corrected chi connectivity index (χ0v) is 12.3. The zero-order chi connectivity index (χ0) is 13.4. The second kappa shape index (κ2) is 8.09. The van der Waals surface area contributed by atoms with Crippen molar-refractivity contribution in [3.05, 3.63) is 0 Å². The van der Waals surface area contributed by atoms with Crippen LogP contribution >= 0.6 is 0 Å². The average molecular weight is 278 g/mol. The van der Waals surface area contributed by atoms with Gasteiger partial charge in [-0.2, -0.15) is 0 Å². The number of nitrogens with one attached hydrogen (secondary N) is 2. The molecule has 5 nitrogen and oxygen atoms in total. The molecule has 0 aromatic heterocycles. The van der Waals surface area contributed by atoms with Gasteiger partial charge in [0.2, 0.25) is 10.0 Å². The van der Waals surface area contributed by atoms with Crippen molar-refractivity contribution >= 4 is 10.0 Å². The fourth-order valence-electron chi connectivity index (χ4n) is 1.63. The van der Waals surface area contributed by atoms with Crippen LogP contribution in [0.15, 0.2) is 0 Å². The summed E-state index contributed by atoms with van der Waals surface area (Å²) in [5.74, 6) is 0. The first-order valence-corrected chi connectivity index (χ1v) is 8.31. The smallest absolute Gasteiger partial charge is 0.215 e. The fourth-order valence-corrected chi connectivity index (χ4v) is 2.66. The van der Waals surface area contributed by atoms with Crippen molar-refractivity contribution in [3.63, 3.8) is 0 Å². The minimum Gasteiger partial charge on any atom is -0.385 e. The number of hydrogen-bond acceptors (Lipinski definition) is 4. The van der Waals surface area contributed by atoms with Crippen molar-refractivity contribution in [2.45, 2.75) is 50.3 Å². The first-order chi connectivity index (χ1) is 8.56. The van der Waals surface area contributed by atoms with E-state index in [-0.39, 0.29) is 5.25 Å². The Morgan fingerprint density at radius 1 is 1.28 bits per heavy atom. The van der Waals surface area contributed by atoms with Crippen molar-refractivity contribution in [3.8, 4) is 0 Å². The molecule has 1 aliphatic rings. The number of hydrogen-bond donors (Lipinski definition) is 2. The molecule has 1 aliphatic carbocycles. The molecule has 2 N–H and O–H groups in total. The quantitative estimate of drug-likeness (QED) is 0.550. The highest BCUT2D eigenvalue weighted by molar-refractivity contribution is 7.90. The molecule has 1 fully saturated rings. The topological polar surface area (TPSA) is 67.4 Å². The van der Waals surface area contributed by atoms with Crippen LogP contribution in [0.25, 0.3) is 0 Å². The third-order valence-corrected chi connectivity index (χ3v) is 4.96. The Morgan fingerprint density at radius 3 is 2.61 bits per heavy atom. The highest BCUT2D eigenvalue weighted by Crippen LogP contribution is 2.18. The second-order valence-corrected chi connectivity index (χ2v) is 7.17. The van der Waals surface area contributed by atoms with Crippen molar-refractivity contribution in [1.29, 1.82) is 0 Å². The van der Waals surface area contributed by atoms with E-state index in [0.29, 0.717) is 19.1 Å². The maximum absolute atomic E-state index is 11.9. The summed E-state index contributed by atoms with van der Waals surface area (Å²) in [7, 11) is -1.49. The van der Waals surface area contributed by atoms with E-state index in [2.05, 4.69) is 10.0 Å². The largest absolute Gasteiger partial charge is 0.385 e. The molecule has 0 aliphatic heterocycles. The molecule has 0 radical (unpaired) electrons. The maximum atomic E-state index is 11.9. The normalized spacial score (nSPS) is 17.9. The van der Waals surface area contributed by atoms with Gasteiger partial charge in [0, 0.05) is 32.8 Å². The number of ether oxygens (including phenoxy) is 1. The van der Waals surface area contributed by atoms with Gasteiger partial charge in [0.25, 0.3) is 0 Å². The van der Waals surface area contributed by atoms with Crippen LogP contribution in [0, 0.1) is 0 Å². The summed E-state index contributed by atoms with van der Waals surface area (Å²) in [6.07, 6.45) is 5.20. The highest BCUT2D eigenvalue weighted by Gasteiger charge is 2.25. The molecule has 1 rings (SSSR count). The van der Waals surface area contributed by atoms with E-state index in [9.17, 15) is 8.42 Å². The summed E-state index contributed by atoms with van der Waals surface area (Å²) >= 11 is 0. The third-order valence-electron chi connectivity index (χ3n) is 3.13. The lowest BCUT2D eigenvalue weighted by Gasteiger charge is -2.14. The van der Waals surface area contributed by atoms with Gasteiger partial charge >= 0.3 is 0 Å². The van der Waals surface area contributed by atoms with E-state index in [4.69, 9.17) is 4.74 Å². The van der Waals surface area contributed by atoms with Crippen molar-refractivity contribution < 1.29 is 13.2 Å². The zero-order valence-electron chi connectivity index (χ0n) is 11.4. The average Bonchev–Trinajstić information content (AvgIpc) is 3.14. The van der Waals surface area contributed by atoms with E-state index in [0.717, 1.165) is 25.9 Å². The molecule has 0 saturated heterocycles. The molecule has 0 heterocycles. The number of methoxy groups -OCH3 is 1. The number of sulfonamides is 1. The molecule has 1 unspecified atom stereocenters. The fraction of sp³-hybridized carbons (Fsp3) is 1.00. The summed E-state index contributed by atoms with van der Waals surface area (Å²) < 4.78 is 31.4. The molecule has 108 valence electrons. The molecule has 0 spiro atoms. The van der Waals surface area contributed by atoms with Gasteiger partial charge in [-0.05, 0) is 39.0 Å². The molecule has 0 aromatic rings. The van der Waals surface area contributed by atoms with Crippen LogP contribution in [0.5, 0.6) is 0 Å². The van der Waals surface area contributed by atoms with Crippen LogP contribution in [0.4, 0.5) is 0 Å². The molecule has 1 saturated carbocycles. The maximum Gasteiger partial charge on any atom is 0.215 e. The van der Waals surface area contributed by atoms with Gasteiger partial charge in [-0.1, -0.05) is 0 Å². The van der Waals surface area contributed by atoms with E-state index in [1.54, 1.807) is 14.0 Å². The van der Waals surface area contributed by atoms with Crippen LogP contribution in [-0.2, 0) is 14.8 Å². The molecule has 0 aromatic carbocycles. The molecular weight excluding hydrogens is 252 g/mol. The second-order valence-electron chi connectivity index (χ2n) is 4.99. The molecular formula is C12H26N2O3S.